The smallest absolute Gasteiger partial charge is 0.168 e. The van der Waals surface area contributed by atoms with Crippen LogP contribution in [0.3, 0.4) is 0 Å². The maximum absolute atomic E-state index is 12.5. The number of hydrogen-bond acceptors (Lipinski definition) is 2. The monoisotopic (exact) mass is 307 g/mol. The van der Waals surface area contributed by atoms with Gasteiger partial charge in [0.2, 0.25) is 0 Å². The summed E-state index contributed by atoms with van der Waals surface area (Å²) >= 11 is 3.57. The standard InChI is InChI=1S/C15H18BrNO/c1-9-5-6-17-14(7-9)12-8-11-10(15(12)18)3-2-4-13(11)16/h2-4,9,12,14,17H,5-8H2,1H3. The van der Waals surface area contributed by atoms with Crippen LogP contribution in [0.15, 0.2) is 22.7 Å². The Kier molecular flexibility index (Phi) is 3.29. The molecule has 3 heteroatoms. The topological polar surface area (TPSA) is 29.1 Å². The van der Waals surface area contributed by atoms with E-state index in [4.69, 9.17) is 0 Å². The van der Waals surface area contributed by atoms with Crippen LogP contribution in [0.1, 0.15) is 35.7 Å². The third-order valence-corrected chi connectivity index (χ3v) is 5.07. The molecule has 2 aliphatic rings. The molecule has 0 spiro atoms. The average molecular weight is 308 g/mol. The highest BCUT2D eigenvalue weighted by Crippen LogP contribution is 2.36. The largest absolute Gasteiger partial charge is 0.313 e. The summed E-state index contributed by atoms with van der Waals surface area (Å²) in [7, 11) is 0. The number of carbonyl (C=O) groups excluding carboxylic acids is 1. The van der Waals surface area contributed by atoms with Crippen molar-refractivity contribution in [2.45, 2.75) is 32.2 Å². The number of benzene rings is 1. The Bertz CT molecular complexity index is 485. The number of piperidine rings is 1. The van der Waals surface area contributed by atoms with Crippen molar-refractivity contribution in [1.82, 2.24) is 5.32 Å². The van der Waals surface area contributed by atoms with E-state index in [9.17, 15) is 4.79 Å². The molecule has 0 saturated carbocycles. The molecule has 3 rings (SSSR count). The van der Waals surface area contributed by atoms with E-state index in [1.54, 1.807) is 0 Å². The fourth-order valence-corrected chi connectivity index (χ4v) is 3.82. The summed E-state index contributed by atoms with van der Waals surface area (Å²) in [4.78, 5) is 12.5. The van der Waals surface area contributed by atoms with E-state index in [-0.39, 0.29) is 5.92 Å². The molecule has 1 fully saturated rings. The van der Waals surface area contributed by atoms with Gasteiger partial charge in [0.15, 0.2) is 5.78 Å². The molecule has 0 amide bonds. The molecule has 1 saturated heterocycles. The molecule has 0 radical (unpaired) electrons. The number of fused-ring (bicyclic) bond motifs is 1. The van der Waals surface area contributed by atoms with Crippen molar-refractivity contribution in [3.05, 3.63) is 33.8 Å². The van der Waals surface area contributed by atoms with Gasteiger partial charge >= 0.3 is 0 Å². The van der Waals surface area contributed by atoms with E-state index in [0.717, 1.165) is 35.3 Å². The van der Waals surface area contributed by atoms with Crippen molar-refractivity contribution < 1.29 is 4.79 Å². The number of Topliss-reactive ketones (excluding diaryl/α,β-unsaturated/α-hetero) is 1. The van der Waals surface area contributed by atoms with E-state index >= 15 is 0 Å². The van der Waals surface area contributed by atoms with Gasteiger partial charge in [-0.05, 0) is 43.4 Å². The number of rotatable bonds is 1. The minimum Gasteiger partial charge on any atom is -0.313 e. The number of halogens is 1. The SMILES string of the molecule is CC1CCNC(C2Cc3c(Br)cccc3C2=O)C1. The molecule has 18 heavy (non-hydrogen) atoms. The minimum atomic E-state index is 0.140. The van der Waals surface area contributed by atoms with Gasteiger partial charge in [-0.2, -0.15) is 0 Å². The highest BCUT2D eigenvalue weighted by Gasteiger charge is 2.38. The van der Waals surface area contributed by atoms with Crippen LogP contribution in [-0.2, 0) is 6.42 Å². The van der Waals surface area contributed by atoms with Crippen LogP contribution < -0.4 is 5.32 Å². The van der Waals surface area contributed by atoms with Gasteiger partial charge in [0.1, 0.15) is 0 Å². The molecule has 3 unspecified atom stereocenters. The Morgan fingerprint density at radius 2 is 2.22 bits per heavy atom. The second-order valence-electron chi connectivity index (χ2n) is 5.63. The van der Waals surface area contributed by atoms with E-state index < -0.39 is 0 Å². The Morgan fingerprint density at radius 1 is 1.39 bits per heavy atom. The maximum atomic E-state index is 12.5. The number of hydrogen-bond donors (Lipinski definition) is 1. The molecule has 2 nitrogen and oxygen atoms in total. The van der Waals surface area contributed by atoms with Crippen molar-refractivity contribution >= 4 is 21.7 Å². The zero-order chi connectivity index (χ0) is 12.7. The van der Waals surface area contributed by atoms with Gasteiger partial charge in [-0.1, -0.05) is 35.0 Å². The predicted molar refractivity (Wildman–Crippen MR) is 75.9 cm³/mol. The van der Waals surface area contributed by atoms with Gasteiger partial charge in [0.25, 0.3) is 0 Å². The first-order chi connectivity index (χ1) is 8.66. The minimum absolute atomic E-state index is 0.140. The van der Waals surface area contributed by atoms with E-state index in [1.165, 1.54) is 12.0 Å². The third kappa shape index (κ3) is 2.04. The van der Waals surface area contributed by atoms with Crippen molar-refractivity contribution in [2.24, 2.45) is 11.8 Å². The first kappa shape index (κ1) is 12.4. The maximum Gasteiger partial charge on any atom is 0.168 e. The quantitative estimate of drug-likeness (QED) is 0.863. The number of ketones is 1. The molecule has 1 aliphatic carbocycles. The summed E-state index contributed by atoms with van der Waals surface area (Å²) < 4.78 is 1.08. The molecular formula is C15H18BrNO. The van der Waals surface area contributed by atoms with Crippen molar-refractivity contribution in [1.29, 1.82) is 0 Å². The Balaban J connectivity index is 1.86. The lowest BCUT2D eigenvalue weighted by molar-refractivity contribution is 0.0888. The van der Waals surface area contributed by atoms with Crippen molar-refractivity contribution in [3.8, 4) is 0 Å². The highest BCUT2D eigenvalue weighted by atomic mass is 79.9. The molecule has 96 valence electrons. The van der Waals surface area contributed by atoms with Crippen LogP contribution in [-0.4, -0.2) is 18.4 Å². The van der Waals surface area contributed by atoms with Gasteiger partial charge in [-0.15, -0.1) is 0 Å². The normalized spacial score (nSPS) is 31.4. The molecule has 3 atom stereocenters. The number of nitrogens with one attached hydrogen (secondary N) is 1. The lowest BCUT2D eigenvalue weighted by atomic mass is 9.84. The van der Waals surface area contributed by atoms with Gasteiger partial charge < -0.3 is 5.32 Å². The molecule has 0 bridgehead atoms. The van der Waals surface area contributed by atoms with Gasteiger partial charge in [-0.25, -0.2) is 0 Å². The molecule has 1 aromatic carbocycles. The van der Waals surface area contributed by atoms with Gasteiger partial charge in [-0.3, -0.25) is 4.79 Å². The summed E-state index contributed by atoms with van der Waals surface area (Å²) in [5.41, 5.74) is 2.13. The predicted octanol–water partition coefficient (Wildman–Crippen LogP) is 3.19. The van der Waals surface area contributed by atoms with Crippen molar-refractivity contribution in [3.63, 3.8) is 0 Å². The second kappa shape index (κ2) is 4.78. The van der Waals surface area contributed by atoms with Crippen LogP contribution in [0, 0.1) is 11.8 Å². The van der Waals surface area contributed by atoms with Gasteiger partial charge in [0.05, 0.1) is 0 Å². The van der Waals surface area contributed by atoms with Crippen LogP contribution in [0.5, 0.6) is 0 Å². The fourth-order valence-electron chi connectivity index (χ4n) is 3.29. The third-order valence-electron chi connectivity index (χ3n) is 4.33. The first-order valence-electron chi connectivity index (χ1n) is 6.72. The Hall–Kier alpha value is -0.670. The fraction of sp³-hybridized carbons (Fsp3) is 0.533. The van der Waals surface area contributed by atoms with Crippen molar-refractivity contribution in [2.75, 3.05) is 6.54 Å². The van der Waals surface area contributed by atoms with Gasteiger partial charge in [0, 0.05) is 22.0 Å². The zero-order valence-electron chi connectivity index (χ0n) is 10.6. The molecule has 0 aromatic heterocycles. The van der Waals surface area contributed by atoms with Crippen LogP contribution in [0.4, 0.5) is 0 Å². The summed E-state index contributed by atoms with van der Waals surface area (Å²) in [6, 6.07) is 6.32. The lowest BCUT2D eigenvalue weighted by Gasteiger charge is -2.31. The molecule has 1 aliphatic heterocycles. The summed E-state index contributed by atoms with van der Waals surface area (Å²) in [6.07, 6.45) is 3.25. The number of carbonyl (C=O) groups is 1. The first-order valence-corrected chi connectivity index (χ1v) is 7.51. The van der Waals surface area contributed by atoms with E-state index in [0.29, 0.717) is 11.8 Å². The average Bonchev–Trinajstić information content (AvgIpc) is 2.69. The molecular weight excluding hydrogens is 290 g/mol. The second-order valence-corrected chi connectivity index (χ2v) is 6.49. The summed E-state index contributed by atoms with van der Waals surface area (Å²) in [6.45, 7) is 3.34. The van der Waals surface area contributed by atoms with E-state index in [1.807, 2.05) is 18.2 Å². The Labute approximate surface area is 116 Å². The molecule has 1 N–H and O–H groups in total. The summed E-state index contributed by atoms with van der Waals surface area (Å²) in [5.74, 6) is 1.20. The molecule has 1 heterocycles. The highest BCUT2D eigenvalue weighted by molar-refractivity contribution is 9.10. The van der Waals surface area contributed by atoms with E-state index in [2.05, 4.69) is 28.2 Å². The van der Waals surface area contributed by atoms with Crippen LogP contribution >= 0.6 is 15.9 Å². The lowest BCUT2D eigenvalue weighted by Crippen LogP contribution is -2.44. The Morgan fingerprint density at radius 3 is 2.94 bits per heavy atom. The molecule has 1 aromatic rings. The summed E-state index contributed by atoms with van der Waals surface area (Å²) in [5, 5.41) is 3.54. The van der Waals surface area contributed by atoms with Crippen LogP contribution in [0.25, 0.3) is 0 Å². The van der Waals surface area contributed by atoms with Crippen LogP contribution in [0.2, 0.25) is 0 Å². The zero-order valence-corrected chi connectivity index (χ0v) is 12.2.